The number of likely N-dealkylation sites (N-methyl/N-ethyl adjacent to an activating group) is 1. The Morgan fingerprint density at radius 1 is 1.00 bits per heavy atom. The lowest BCUT2D eigenvalue weighted by Gasteiger charge is -2.35. The van der Waals surface area contributed by atoms with Gasteiger partial charge in [-0.05, 0) is 30.3 Å². The van der Waals surface area contributed by atoms with Gasteiger partial charge in [0.25, 0.3) is 0 Å². The van der Waals surface area contributed by atoms with E-state index in [0.29, 0.717) is 31.8 Å². The van der Waals surface area contributed by atoms with Crippen LogP contribution in [0.25, 0.3) is 11.4 Å². The third-order valence-corrected chi connectivity index (χ3v) is 5.56. The molecule has 2 heterocycles. The van der Waals surface area contributed by atoms with Gasteiger partial charge in [0.2, 0.25) is 11.7 Å². The van der Waals surface area contributed by atoms with Crippen LogP contribution in [0.3, 0.4) is 0 Å². The van der Waals surface area contributed by atoms with E-state index in [1.54, 1.807) is 4.80 Å². The van der Waals surface area contributed by atoms with Gasteiger partial charge < -0.3 is 15.1 Å². The first-order valence-corrected chi connectivity index (χ1v) is 10.8. The molecule has 1 aromatic heterocycles. The molecule has 1 amide bonds. The quantitative estimate of drug-likeness (QED) is 0.603. The Morgan fingerprint density at radius 2 is 1.74 bits per heavy atom. The first-order valence-electron chi connectivity index (χ1n) is 10.8. The van der Waals surface area contributed by atoms with Crippen LogP contribution in [-0.2, 0) is 17.9 Å². The molecule has 0 bridgehead atoms. The number of nitrogens with one attached hydrogen (secondary N) is 1. The molecule has 0 aliphatic carbocycles. The first kappa shape index (κ1) is 21.0. The first-order chi connectivity index (χ1) is 15.2. The van der Waals surface area contributed by atoms with Crippen LogP contribution in [-0.4, -0.2) is 64.2 Å². The molecule has 8 heteroatoms. The van der Waals surface area contributed by atoms with E-state index in [4.69, 9.17) is 0 Å². The summed E-state index contributed by atoms with van der Waals surface area (Å²) in [5.74, 6) is 0.641. The molecular formula is C23H29N7O. The number of rotatable bonds is 8. The van der Waals surface area contributed by atoms with Crippen LogP contribution in [0.15, 0.2) is 54.6 Å². The topological polar surface area (TPSA) is 79.2 Å². The SMILES string of the molecule is CN1CCN(c2ccccc2CNC(=O)CCCn2nnc(-c3ccccc3)n2)CC1. The third-order valence-electron chi connectivity index (χ3n) is 5.56. The van der Waals surface area contributed by atoms with Crippen molar-refractivity contribution in [2.24, 2.45) is 0 Å². The van der Waals surface area contributed by atoms with Gasteiger partial charge in [-0.2, -0.15) is 4.80 Å². The van der Waals surface area contributed by atoms with Gasteiger partial charge in [-0.1, -0.05) is 48.5 Å². The second kappa shape index (κ2) is 10.2. The van der Waals surface area contributed by atoms with Gasteiger partial charge >= 0.3 is 0 Å². The number of carbonyl (C=O) groups is 1. The highest BCUT2D eigenvalue weighted by Gasteiger charge is 2.17. The summed E-state index contributed by atoms with van der Waals surface area (Å²) in [6.45, 7) is 5.24. The van der Waals surface area contributed by atoms with Crippen LogP contribution in [0.5, 0.6) is 0 Å². The van der Waals surface area contributed by atoms with Crippen molar-refractivity contribution in [3.63, 3.8) is 0 Å². The Balaban J connectivity index is 1.24. The summed E-state index contributed by atoms with van der Waals surface area (Å²) >= 11 is 0. The smallest absolute Gasteiger partial charge is 0.220 e. The summed E-state index contributed by atoms with van der Waals surface area (Å²) in [5, 5.41) is 15.6. The number of anilines is 1. The van der Waals surface area contributed by atoms with Crippen LogP contribution < -0.4 is 10.2 Å². The summed E-state index contributed by atoms with van der Waals surface area (Å²) < 4.78 is 0. The summed E-state index contributed by atoms with van der Waals surface area (Å²) in [5.41, 5.74) is 3.31. The van der Waals surface area contributed by atoms with E-state index in [1.807, 2.05) is 36.4 Å². The molecule has 162 valence electrons. The number of amides is 1. The van der Waals surface area contributed by atoms with Crippen molar-refractivity contribution in [2.45, 2.75) is 25.9 Å². The number of piperazine rings is 1. The monoisotopic (exact) mass is 419 g/mol. The number of carbonyl (C=O) groups excluding carboxylic acids is 1. The minimum Gasteiger partial charge on any atom is -0.369 e. The van der Waals surface area contributed by atoms with E-state index < -0.39 is 0 Å². The van der Waals surface area contributed by atoms with E-state index in [0.717, 1.165) is 37.3 Å². The van der Waals surface area contributed by atoms with Crippen molar-refractivity contribution < 1.29 is 4.79 Å². The molecule has 1 aliphatic heterocycles. The van der Waals surface area contributed by atoms with Gasteiger partial charge in [-0.15, -0.1) is 10.2 Å². The number of benzene rings is 2. The molecule has 2 aromatic carbocycles. The summed E-state index contributed by atoms with van der Waals surface area (Å²) in [6, 6.07) is 18.1. The Labute approximate surface area is 182 Å². The minimum absolute atomic E-state index is 0.0385. The van der Waals surface area contributed by atoms with E-state index >= 15 is 0 Å². The van der Waals surface area contributed by atoms with Gasteiger partial charge in [-0.3, -0.25) is 4.79 Å². The molecule has 8 nitrogen and oxygen atoms in total. The zero-order valence-corrected chi connectivity index (χ0v) is 17.9. The lowest BCUT2D eigenvalue weighted by Crippen LogP contribution is -2.45. The number of nitrogens with zero attached hydrogens (tertiary/aromatic N) is 6. The van der Waals surface area contributed by atoms with E-state index in [9.17, 15) is 4.79 Å². The fourth-order valence-electron chi connectivity index (χ4n) is 3.72. The van der Waals surface area contributed by atoms with Crippen molar-refractivity contribution in [3.8, 4) is 11.4 Å². The standard InChI is InChI=1S/C23H29N7O/c1-28-14-16-29(17-15-28)21-11-6-5-10-20(21)18-24-22(31)12-7-13-30-26-23(25-27-30)19-8-3-2-4-9-19/h2-6,8-11H,7,12-18H2,1H3,(H,24,31). The molecule has 1 saturated heterocycles. The molecule has 1 aliphatic rings. The molecule has 1 fully saturated rings. The predicted octanol–water partition coefficient (Wildman–Crippen LogP) is 2.19. The highest BCUT2D eigenvalue weighted by molar-refractivity contribution is 5.76. The fourth-order valence-corrected chi connectivity index (χ4v) is 3.72. The van der Waals surface area contributed by atoms with Crippen LogP contribution in [0.1, 0.15) is 18.4 Å². The Hall–Kier alpha value is -3.26. The normalized spacial score (nSPS) is 14.5. The van der Waals surface area contributed by atoms with Gasteiger partial charge in [-0.25, -0.2) is 0 Å². The molecule has 0 unspecified atom stereocenters. The van der Waals surface area contributed by atoms with Crippen LogP contribution >= 0.6 is 0 Å². The van der Waals surface area contributed by atoms with Crippen molar-refractivity contribution >= 4 is 11.6 Å². The van der Waals surface area contributed by atoms with Gasteiger partial charge in [0.05, 0.1) is 6.54 Å². The van der Waals surface area contributed by atoms with Gasteiger partial charge in [0, 0.05) is 50.4 Å². The maximum Gasteiger partial charge on any atom is 0.220 e. The number of tetrazole rings is 1. The highest BCUT2D eigenvalue weighted by Crippen LogP contribution is 2.21. The van der Waals surface area contributed by atoms with Crippen LogP contribution in [0, 0.1) is 0 Å². The van der Waals surface area contributed by atoms with Crippen LogP contribution in [0.4, 0.5) is 5.69 Å². The number of hydrogen-bond donors (Lipinski definition) is 1. The summed E-state index contributed by atoms with van der Waals surface area (Å²) in [7, 11) is 2.15. The van der Waals surface area contributed by atoms with E-state index in [2.05, 4.69) is 55.8 Å². The number of hydrogen-bond acceptors (Lipinski definition) is 6. The maximum atomic E-state index is 12.4. The summed E-state index contributed by atoms with van der Waals surface area (Å²) in [6.07, 6.45) is 1.09. The number of aryl methyl sites for hydroxylation is 1. The molecule has 0 spiro atoms. The Kier molecular flexibility index (Phi) is 6.89. The van der Waals surface area contributed by atoms with Gasteiger partial charge in [0.15, 0.2) is 0 Å². The molecule has 0 atom stereocenters. The van der Waals surface area contributed by atoms with Crippen molar-refractivity contribution in [1.29, 1.82) is 0 Å². The predicted molar refractivity (Wildman–Crippen MR) is 120 cm³/mol. The maximum absolute atomic E-state index is 12.4. The number of para-hydroxylation sites is 1. The van der Waals surface area contributed by atoms with Crippen molar-refractivity contribution in [3.05, 3.63) is 60.2 Å². The van der Waals surface area contributed by atoms with Gasteiger partial charge in [0.1, 0.15) is 0 Å². The van der Waals surface area contributed by atoms with Crippen LogP contribution in [0.2, 0.25) is 0 Å². The lowest BCUT2D eigenvalue weighted by atomic mass is 10.1. The minimum atomic E-state index is 0.0385. The second-order valence-electron chi connectivity index (χ2n) is 7.87. The third kappa shape index (κ3) is 5.67. The average molecular weight is 420 g/mol. The zero-order chi connectivity index (χ0) is 21.5. The Bertz CT molecular complexity index is 980. The second-order valence-corrected chi connectivity index (χ2v) is 7.87. The van der Waals surface area contributed by atoms with Crippen molar-refractivity contribution in [1.82, 2.24) is 30.4 Å². The largest absolute Gasteiger partial charge is 0.369 e. The molecule has 0 saturated carbocycles. The molecular weight excluding hydrogens is 390 g/mol. The average Bonchev–Trinajstić information content (AvgIpc) is 3.28. The van der Waals surface area contributed by atoms with E-state index in [-0.39, 0.29) is 5.91 Å². The molecule has 3 aromatic rings. The highest BCUT2D eigenvalue weighted by atomic mass is 16.1. The van der Waals surface area contributed by atoms with Crippen molar-refractivity contribution in [2.75, 3.05) is 38.1 Å². The Morgan fingerprint density at radius 3 is 2.55 bits per heavy atom. The number of aromatic nitrogens is 4. The molecule has 0 radical (unpaired) electrons. The van der Waals surface area contributed by atoms with E-state index in [1.165, 1.54) is 5.69 Å². The lowest BCUT2D eigenvalue weighted by molar-refractivity contribution is -0.121. The molecule has 31 heavy (non-hydrogen) atoms. The summed E-state index contributed by atoms with van der Waals surface area (Å²) in [4.78, 5) is 18.7. The fraction of sp³-hybridized carbons (Fsp3) is 0.391. The molecule has 1 N–H and O–H groups in total. The molecule has 4 rings (SSSR count). The zero-order valence-electron chi connectivity index (χ0n) is 17.9.